The summed E-state index contributed by atoms with van der Waals surface area (Å²) in [5.41, 5.74) is 3.89. The maximum atomic E-state index is 12.1. The van der Waals surface area contributed by atoms with Crippen LogP contribution in [0.4, 0.5) is 0 Å². The van der Waals surface area contributed by atoms with E-state index in [1.165, 1.54) is 4.90 Å². The van der Waals surface area contributed by atoms with Crippen molar-refractivity contribution in [2.75, 3.05) is 6.26 Å². The molecule has 0 unspecified atom stereocenters. The third kappa shape index (κ3) is 2.04. The summed E-state index contributed by atoms with van der Waals surface area (Å²) < 4.78 is 1.93. The third-order valence-corrected chi connectivity index (χ3v) is 4.28. The minimum absolute atomic E-state index is 0.210. The lowest BCUT2D eigenvalue weighted by molar-refractivity contribution is 0.0972. The van der Waals surface area contributed by atoms with Gasteiger partial charge in [-0.1, -0.05) is 18.7 Å². The second-order valence-electron chi connectivity index (χ2n) is 4.67. The molecule has 96 valence electrons. The highest BCUT2D eigenvalue weighted by atomic mass is 32.2. The largest absolute Gasteiger partial charge is 0.318 e. The molecule has 1 aromatic carbocycles. The number of benzene rings is 1. The molecule has 0 radical (unpaired) electrons. The predicted molar refractivity (Wildman–Crippen MR) is 80.5 cm³/mol. The Morgan fingerprint density at radius 3 is 2.58 bits per heavy atom. The Morgan fingerprint density at radius 2 is 1.89 bits per heavy atom. The number of Topliss-reactive ketones (excluding diaryl/α,β-unsaturated/α-hetero) is 1. The average Bonchev–Trinajstić information content (AvgIpc) is 2.89. The fraction of sp³-hybridized carbons (Fsp3) is 0.188. The van der Waals surface area contributed by atoms with E-state index in [-0.39, 0.29) is 5.78 Å². The van der Waals surface area contributed by atoms with E-state index >= 15 is 0 Å². The van der Waals surface area contributed by atoms with Crippen molar-refractivity contribution in [2.45, 2.75) is 17.7 Å². The number of carbonyl (C=O) groups excluding carboxylic acids is 1. The monoisotopic (exact) mass is 269 g/mol. The van der Waals surface area contributed by atoms with Crippen LogP contribution in [0.1, 0.15) is 23.3 Å². The first kappa shape index (κ1) is 12.3. The summed E-state index contributed by atoms with van der Waals surface area (Å²) in [4.78, 5) is 13.4. The van der Waals surface area contributed by atoms with Crippen LogP contribution in [0.2, 0.25) is 0 Å². The van der Waals surface area contributed by atoms with Gasteiger partial charge in [-0.05, 0) is 36.4 Å². The molecule has 0 saturated carbocycles. The minimum atomic E-state index is 0.210. The molecule has 19 heavy (non-hydrogen) atoms. The van der Waals surface area contributed by atoms with Crippen LogP contribution in [0.5, 0.6) is 0 Å². The van der Waals surface area contributed by atoms with Crippen LogP contribution in [-0.4, -0.2) is 16.6 Å². The molecule has 2 heterocycles. The van der Waals surface area contributed by atoms with Gasteiger partial charge in [0.05, 0.1) is 5.69 Å². The number of aromatic nitrogens is 1. The standard InChI is InChI=1S/C16H15NOS/c1-11-3-8-15(18)16-14(9-10-17(11)16)12-4-6-13(19-2)7-5-12/h4-7,9-10H,1,3,8H2,2H3. The summed E-state index contributed by atoms with van der Waals surface area (Å²) in [6.07, 6.45) is 5.33. The van der Waals surface area contributed by atoms with Crippen molar-refractivity contribution in [3.8, 4) is 11.1 Å². The molecule has 0 fully saturated rings. The van der Waals surface area contributed by atoms with Crippen molar-refractivity contribution in [2.24, 2.45) is 0 Å². The first-order valence-corrected chi connectivity index (χ1v) is 7.50. The number of nitrogens with zero attached hydrogens (tertiary/aromatic N) is 1. The van der Waals surface area contributed by atoms with E-state index in [9.17, 15) is 4.79 Å². The summed E-state index contributed by atoms with van der Waals surface area (Å²) in [5.74, 6) is 0.210. The SMILES string of the molecule is C=C1CCC(=O)c2c(-c3ccc(SC)cc3)ccn21. The minimum Gasteiger partial charge on any atom is -0.318 e. The number of carbonyl (C=O) groups is 1. The van der Waals surface area contributed by atoms with Crippen LogP contribution < -0.4 is 0 Å². The van der Waals surface area contributed by atoms with Crippen molar-refractivity contribution < 1.29 is 4.79 Å². The number of hydrogen-bond acceptors (Lipinski definition) is 2. The van der Waals surface area contributed by atoms with E-state index in [1.54, 1.807) is 11.8 Å². The van der Waals surface area contributed by atoms with Gasteiger partial charge in [-0.3, -0.25) is 4.79 Å². The van der Waals surface area contributed by atoms with Crippen molar-refractivity contribution in [1.29, 1.82) is 0 Å². The molecule has 1 aliphatic heterocycles. The molecule has 3 heteroatoms. The summed E-state index contributed by atoms with van der Waals surface area (Å²) in [6, 6.07) is 10.3. The Balaban J connectivity index is 2.10. The molecule has 0 aliphatic carbocycles. The molecule has 0 amide bonds. The number of ketones is 1. The number of hydrogen-bond donors (Lipinski definition) is 0. The summed E-state index contributed by atoms with van der Waals surface area (Å²) in [5, 5.41) is 0. The van der Waals surface area contributed by atoms with Gasteiger partial charge in [0.15, 0.2) is 5.78 Å². The molecule has 0 atom stereocenters. The van der Waals surface area contributed by atoms with Crippen LogP contribution in [0.25, 0.3) is 16.8 Å². The molecule has 2 aromatic rings. The van der Waals surface area contributed by atoms with Gasteiger partial charge in [0, 0.05) is 28.8 Å². The van der Waals surface area contributed by atoms with Crippen molar-refractivity contribution in [3.05, 3.63) is 48.8 Å². The topological polar surface area (TPSA) is 22.0 Å². The normalized spacial score (nSPS) is 14.6. The maximum absolute atomic E-state index is 12.1. The van der Waals surface area contributed by atoms with Gasteiger partial charge in [-0.25, -0.2) is 0 Å². The van der Waals surface area contributed by atoms with E-state index in [4.69, 9.17) is 0 Å². The van der Waals surface area contributed by atoms with Crippen molar-refractivity contribution in [3.63, 3.8) is 0 Å². The molecular formula is C16H15NOS. The van der Waals surface area contributed by atoms with E-state index in [0.29, 0.717) is 6.42 Å². The van der Waals surface area contributed by atoms with Gasteiger partial charge in [0.25, 0.3) is 0 Å². The summed E-state index contributed by atoms with van der Waals surface area (Å²) >= 11 is 1.72. The van der Waals surface area contributed by atoms with Crippen LogP contribution in [-0.2, 0) is 0 Å². The third-order valence-electron chi connectivity index (χ3n) is 3.53. The molecule has 0 spiro atoms. The molecule has 0 saturated heterocycles. The molecule has 1 aliphatic rings. The second kappa shape index (κ2) is 4.74. The Hall–Kier alpha value is -1.74. The van der Waals surface area contributed by atoms with Crippen molar-refractivity contribution >= 4 is 23.2 Å². The Labute approximate surface area is 117 Å². The highest BCUT2D eigenvalue weighted by Gasteiger charge is 2.23. The van der Waals surface area contributed by atoms with Gasteiger partial charge < -0.3 is 4.57 Å². The first-order chi connectivity index (χ1) is 9.20. The highest BCUT2D eigenvalue weighted by molar-refractivity contribution is 7.98. The van der Waals surface area contributed by atoms with E-state index in [1.807, 2.05) is 16.8 Å². The van der Waals surface area contributed by atoms with Gasteiger partial charge >= 0.3 is 0 Å². The smallest absolute Gasteiger partial charge is 0.180 e. The lowest BCUT2D eigenvalue weighted by Crippen LogP contribution is -2.15. The molecular weight excluding hydrogens is 254 g/mol. The summed E-state index contributed by atoms with van der Waals surface area (Å²) in [7, 11) is 0. The first-order valence-electron chi connectivity index (χ1n) is 6.28. The quantitative estimate of drug-likeness (QED) is 0.757. The second-order valence-corrected chi connectivity index (χ2v) is 5.55. The van der Waals surface area contributed by atoms with E-state index < -0.39 is 0 Å². The predicted octanol–water partition coefficient (Wildman–Crippen LogP) is 4.32. The van der Waals surface area contributed by atoms with Crippen LogP contribution in [0, 0.1) is 0 Å². The Morgan fingerprint density at radius 1 is 1.16 bits per heavy atom. The highest BCUT2D eigenvalue weighted by Crippen LogP contribution is 2.33. The van der Waals surface area contributed by atoms with Crippen molar-refractivity contribution in [1.82, 2.24) is 4.57 Å². The average molecular weight is 269 g/mol. The number of thioether (sulfide) groups is 1. The molecule has 2 nitrogen and oxygen atoms in total. The Bertz CT molecular complexity index is 652. The van der Waals surface area contributed by atoms with Gasteiger partial charge in [-0.15, -0.1) is 11.8 Å². The molecule has 1 aromatic heterocycles. The zero-order valence-corrected chi connectivity index (χ0v) is 11.7. The van der Waals surface area contributed by atoms with Gasteiger partial charge in [0.2, 0.25) is 0 Å². The van der Waals surface area contributed by atoms with Gasteiger partial charge in [0.1, 0.15) is 0 Å². The number of fused-ring (bicyclic) bond motifs is 1. The lowest BCUT2D eigenvalue weighted by atomic mass is 9.99. The molecule has 3 rings (SSSR count). The fourth-order valence-electron chi connectivity index (χ4n) is 2.48. The van der Waals surface area contributed by atoms with Crippen LogP contribution in [0.15, 0.2) is 48.0 Å². The lowest BCUT2D eigenvalue weighted by Gasteiger charge is -2.18. The van der Waals surface area contributed by atoms with Crippen LogP contribution >= 0.6 is 11.8 Å². The number of rotatable bonds is 2. The zero-order valence-electron chi connectivity index (χ0n) is 10.8. The van der Waals surface area contributed by atoms with E-state index in [0.717, 1.165) is 28.9 Å². The molecule has 0 N–H and O–H groups in total. The zero-order chi connectivity index (χ0) is 13.4. The van der Waals surface area contributed by atoms with Gasteiger partial charge in [-0.2, -0.15) is 0 Å². The van der Waals surface area contributed by atoms with Crippen LogP contribution in [0.3, 0.4) is 0 Å². The van der Waals surface area contributed by atoms with E-state index in [2.05, 4.69) is 37.1 Å². The summed E-state index contributed by atoms with van der Waals surface area (Å²) in [6.45, 7) is 4.03. The molecule has 0 bridgehead atoms. The maximum Gasteiger partial charge on any atom is 0.180 e. The fourth-order valence-corrected chi connectivity index (χ4v) is 2.89. The Kier molecular flexibility index (Phi) is 3.07. The number of allylic oxidation sites excluding steroid dienone is 1.